The van der Waals surface area contributed by atoms with E-state index in [0.717, 1.165) is 43.5 Å². The van der Waals surface area contributed by atoms with Crippen molar-refractivity contribution in [1.29, 1.82) is 0 Å². The summed E-state index contributed by atoms with van der Waals surface area (Å²) in [4.78, 5) is 6.53. The molecule has 0 amide bonds. The van der Waals surface area contributed by atoms with Gasteiger partial charge < -0.3 is 19.7 Å². The van der Waals surface area contributed by atoms with Crippen molar-refractivity contribution in [3.8, 4) is 11.5 Å². The molecule has 27 heavy (non-hydrogen) atoms. The van der Waals surface area contributed by atoms with Gasteiger partial charge in [0.15, 0.2) is 17.5 Å². The average molecular weight is 374 g/mol. The van der Waals surface area contributed by atoms with Crippen LogP contribution in [0.2, 0.25) is 0 Å². The number of nitrogens with one attached hydrogen (secondary N) is 1. The number of benzene rings is 1. The number of aromatic nitrogens is 2. The van der Waals surface area contributed by atoms with Crippen molar-refractivity contribution in [3.05, 3.63) is 42.2 Å². The first-order valence-corrected chi connectivity index (χ1v) is 9.17. The van der Waals surface area contributed by atoms with Gasteiger partial charge >= 0.3 is 0 Å². The van der Waals surface area contributed by atoms with Gasteiger partial charge in [0, 0.05) is 46.1 Å². The van der Waals surface area contributed by atoms with Gasteiger partial charge in [-0.15, -0.1) is 0 Å². The molecule has 7 nitrogen and oxygen atoms in total. The van der Waals surface area contributed by atoms with Crippen LogP contribution >= 0.6 is 0 Å². The highest BCUT2D eigenvalue weighted by molar-refractivity contribution is 5.79. The third-order valence-corrected chi connectivity index (χ3v) is 4.42. The van der Waals surface area contributed by atoms with Crippen LogP contribution in [0.25, 0.3) is 0 Å². The van der Waals surface area contributed by atoms with Crippen molar-refractivity contribution >= 4 is 5.96 Å². The summed E-state index contributed by atoms with van der Waals surface area (Å²) in [5.74, 6) is 2.84. The molecule has 0 fully saturated rings. The van der Waals surface area contributed by atoms with Crippen LogP contribution in [0.5, 0.6) is 11.5 Å². The number of ether oxygens (including phenoxy) is 2. The van der Waals surface area contributed by atoms with Gasteiger partial charge in [0.05, 0.1) is 14.2 Å². The number of likely N-dealkylation sites (N-methyl/N-ethyl adjacent to an activating group) is 1. The highest BCUT2D eigenvalue weighted by atomic mass is 16.5. The van der Waals surface area contributed by atoms with Crippen LogP contribution in [0.1, 0.15) is 12.5 Å². The number of guanidine groups is 1. The summed E-state index contributed by atoms with van der Waals surface area (Å²) in [7, 11) is 7.17. The van der Waals surface area contributed by atoms with Gasteiger partial charge in [0.1, 0.15) is 0 Å². The Morgan fingerprint density at radius 2 is 2.07 bits per heavy atom. The molecule has 1 N–H and O–H groups in total. The minimum absolute atomic E-state index is 0.445. The summed E-state index contributed by atoms with van der Waals surface area (Å²) in [5.41, 5.74) is 1.20. The molecule has 1 heterocycles. The minimum atomic E-state index is 0.445. The SMILES string of the molecule is CN=C(NCC(C)Cn1cccn1)N(C)CCc1ccc(OC)c(OC)c1. The molecule has 0 spiro atoms. The molecule has 0 aliphatic heterocycles. The maximum absolute atomic E-state index is 5.38. The number of hydrogen-bond donors (Lipinski definition) is 1. The summed E-state index contributed by atoms with van der Waals surface area (Å²) in [6, 6.07) is 7.98. The lowest BCUT2D eigenvalue weighted by Crippen LogP contribution is -2.42. The first-order chi connectivity index (χ1) is 13.1. The molecule has 0 aliphatic rings. The Morgan fingerprint density at radius 3 is 2.70 bits per heavy atom. The molecule has 1 unspecified atom stereocenters. The summed E-state index contributed by atoms with van der Waals surface area (Å²) in [6.07, 6.45) is 4.68. The van der Waals surface area contributed by atoms with E-state index in [1.54, 1.807) is 20.4 Å². The van der Waals surface area contributed by atoms with E-state index in [2.05, 4.69) is 33.3 Å². The highest BCUT2D eigenvalue weighted by Gasteiger charge is 2.10. The number of nitrogens with zero attached hydrogens (tertiary/aromatic N) is 4. The van der Waals surface area contributed by atoms with Crippen molar-refractivity contribution in [2.24, 2.45) is 10.9 Å². The van der Waals surface area contributed by atoms with E-state index in [9.17, 15) is 0 Å². The summed E-state index contributed by atoms with van der Waals surface area (Å²) >= 11 is 0. The Hall–Kier alpha value is -2.70. The molecule has 1 aromatic carbocycles. The number of methoxy groups -OCH3 is 2. The third kappa shape index (κ3) is 6.20. The third-order valence-electron chi connectivity index (χ3n) is 4.42. The summed E-state index contributed by atoms with van der Waals surface area (Å²) < 4.78 is 12.6. The van der Waals surface area contributed by atoms with Gasteiger partial charge in [0.25, 0.3) is 0 Å². The van der Waals surface area contributed by atoms with Crippen LogP contribution in [0, 0.1) is 5.92 Å². The number of hydrogen-bond acceptors (Lipinski definition) is 4. The molecule has 0 saturated carbocycles. The van der Waals surface area contributed by atoms with E-state index in [1.807, 2.05) is 43.2 Å². The Balaban J connectivity index is 1.83. The lowest BCUT2D eigenvalue weighted by atomic mass is 10.1. The maximum atomic E-state index is 5.38. The first-order valence-electron chi connectivity index (χ1n) is 9.17. The topological polar surface area (TPSA) is 63.9 Å². The molecule has 0 radical (unpaired) electrons. The first kappa shape index (κ1) is 20.6. The van der Waals surface area contributed by atoms with Gasteiger partial charge in [-0.2, -0.15) is 5.10 Å². The van der Waals surface area contributed by atoms with Gasteiger partial charge in [-0.05, 0) is 36.1 Å². The Morgan fingerprint density at radius 1 is 1.30 bits per heavy atom. The highest BCUT2D eigenvalue weighted by Crippen LogP contribution is 2.27. The zero-order valence-corrected chi connectivity index (χ0v) is 17.0. The van der Waals surface area contributed by atoms with E-state index in [4.69, 9.17) is 9.47 Å². The Bertz CT molecular complexity index is 715. The molecular formula is C20H31N5O2. The number of rotatable bonds is 9. The molecule has 1 aromatic heterocycles. The lowest BCUT2D eigenvalue weighted by molar-refractivity contribution is 0.354. The second kappa shape index (κ2) is 10.4. The van der Waals surface area contributed by atoms with E-state index in [0.29, 0.717) is 5.92 Å². The minimum Gasteiger partial charge on any atom is -0.493 e. The Labute approximate surface area is 162 Å². The van der Waals surface area contributed by atoms with Crippen LogP contribution in [0.3, 0.4) is 0 Å². The summed E-state index contributed by atoms with van der Waals surface area (Å²) in [6.45, 7) is 4.77. The van der Waals surface area contributed by atoms with Crippen LogP contribution in [-0.2, 0) is 13.0 Å². The van der Waals surface area contributed by atoms with E-state index in [-0.39, 0.29) is 0 Å². The number of aliphatic imine (C=N–C) groups is 1. The van der Waals surface area contributed by atoms with Gasteiger partial charge in [-0.3, -0.25) is 9.67 Å². The largest absolute Gasteiger partial charge is 0.493 e. The second-order valence-electron chi connectivity index (χ2n) is 6.62. The second-order valence-corrected chi connectivity index (χ2v) is 6.62. The monoisotopic (exact) mass is 373 g/mol. The molecule has 148 valence electrons. The molecule has 0 aliphatic carbocycles. The fourth-order valence-electron chi connectivity index (χ4n) is 2.88. The fraction of sp³-hybridized carbons (Fsp3) is 0.500. The maximum Gasteiger partial charge on any atom is 0.193 e. The van der Waals surface area contributed by atoms with Crippen LogP contribution in [0.15, 0.2) is 41.7 Å². The standard InChI is InChI=1S/C20H31N5O2/c1-16(15-25-11-6-10-23-25)14-22-20(21-2)24(3)12-9-17-7-8-18(26-4)19(13-17)27-5/h6-8,10-11,13,16H,9,12,14-15H2,1-5H3,(H,21,22). The molecule has 1 atom stereocenters. The molecule has 0 bridgehead atoms. The fourth-order valence-corrected chi connectivity index (χ4v) is 2.88. The normalized spacial score (nSPS) is 12.6. The van der Waals surface area contributed by atoms with Crippen molar-refractivity contribution in [1.82, 2.24) is 20.0 Å². The Kier molecular flexibility index (Phi) is 7.98. The zero-order valence-electron chi connectivity index (χ0n) is 17.0. The van der Waals surface area contributed by atoms with E-state index >= 15 is 0 Å². The molecule has 7 heteroatoms. The van der Waals surface area contributed by atoms with Crippen molar-refractivity contribution in [2.75, 3.05) is 41.4 Å². The quantitative estimate of drug-likeness (QED) is 0.540. The molecule has 2 rings (SSSR count). The van der Waals surface area contributed by atoms with Gasteiger partial charge in [-0.25, -0.2) is 0 Å². The van der Waals surface area contributed by atoms with Crippen molar-refractivity contribution in [3.63, 3.8) is 0 Å². The zero-order chi connectivity index (χ0) is 19.6. The smallest absolute Gasteiger partial charge is 0.193 e. The predicted octanol–water partition coefficient (Wildman–Crippen LogP) is 2.29. The predicted molar refractivity (Wildman–Crippen MR) is 109 cm³/mol. The molecule has 0 saturated heterocycles. The van der Waals surface area contributed by atoms with E-state index < -0.39 is 0 Å². The lowest BCUT2D eigenvalue weighted by Gasteiger charge is -2.24. The average Bonchev–Trinajstić information content (AvgIpc) is 3.19. The van der Waals surface area contributed by atoms with Gasteiger partial charge in [0.2, 0.25) is 0 Å². The van der Waals surface area contributed by atoms with Crippen LogP contribution < -0.4 is 14.8 Å². The van der Waals surface area contributed by atoms with Gasteiger partial charge in [-0.1, -0.05) is 13.0 Å². The van der Waals surface area contributed by atoms with Crippen LogP contribution in [0.4, 0.5) is 0 Å². The summed E-state index contributed by atoms with van der Waals surface area (Å²) in [5, 5.41) is 7.71. The molecule has 2 aromatic rings. The van der Waals surface area contributed by atoms with E-state index in [1.165, 1.54) is 5.56 Å². The molecular weight excluding hydrogens is 342 g/mol. The van der Waals surface area contributed by atoms with Crippen molar-refractivity contribution in [2.45, 2.75) is 19.9 Å². The van der Waals surface area contributed by atoms with Crippen molar-refractivity contribution < 1.29 is 9.47 Å². The van der Waals surface area contributed by atoms with Crippen LogP contribution in [-0.4, -0.2) is 62.0 Å².